The molecule has 1 unspecified atom stereocenters. The molecule has 0 aliphatic rings. The van der Waals surface area contributed by atoms with Gasteiger partial charge >= 0.3 is 0 Å². The van der Waals surface area contributed by atoms with Crippen LogP contribution >= 0.6 is 0 Å². The molecule has 0 aliphatic heterocycles. The van der Waals surface area contributed by atoms with Crippen LogP contribution in [0.3, 0.4) is 0 Å². The van der Waals surface area contributed by atoms with Crippen LogP contribution in [0.5, 0.6) is 0 Å². The summed E-state index contributed by atoms with van der Waals surface area (Å²) >= 11 is 0. The zero-order chi connectivity index (χ0) is 19.3. The summed E-state index contributed by atoms with van der Waals surface area (Å²) in [5.74, 6) is 4.95. The highest BCUT2D eigenvalue weighted by atomic mass is 32.2. The van der Waals surface area contributed by atoms with Crippen LogP contribution in [-0.2, 0) is 21.1 Å². The highest BCUT2D eigenvalue weighted by Gasteiger charge is 2.43. The number of nitrogens with zero attached hydrogens (tertiary/aromatic N) is 1. The minimum absolute atomic E-state index is 0.0731. The Balaban J connectivity index is 2.75. The summed E-state index contributed by atoms with van der Waals surface area (Å²) < 4.78 is 27.0. The molecule has 0 bridgehead atoms. The molecule has 0 aromatic carbocycles. The minimum atomic E-state index is -3.75. The fraction of sp³-hybridized carbons (Fsp3) is 0.625. The van der Waals surface area contributed by atoms with E-state index in [1.807, 2.05) is 0 Å². The highest BCUT2D eigenvalue weighted by molar-refractivity contribution is 7.92. The number of carbonyl (C=O) groups excluding carboxylic acids is 1. The third-order valence-corrected chi connectivity index (χ3v) is 5.92. The number of hydrogen-bond acceptors (Lipinski definition) is 7. The van der Waals surface area contributed by atoms with Crippen LogP contribution in [-0.4, -0.2) is 46.4 Å². The average molecular weight is 372 g/mol. The Kier molecular flexibility index (Phi) is 6.76. The molecule has 1 atom stereocenters. The lowest BCUT2D eigenvalue weighted by Crippen LogP contribution is -2.49. The second-order valence-corrected chi connectivity index (χ2v) is 9.19. The summed E-state index contributed by atoms with van der Waals surface area (Å²) in [5.41, 5.74) is 1.06. The van der Waals surface area contributed by atoms with Crippen LogP contribution in [0.4, 0.5) is 0 Å². The van der Waals surface area contributed by atoms with Crippen molar-refractivity contribution in [1.82, 2.24) is 10.6 Å². The van der Waals surface area contributed by atoms with E-state index in [1.165, 1.54) is 12.4 Å². The molecule has 0 fully saturated rings. The Morgan fingerprint density at radius 2 is 2.00 bits per heavy atom. The third kappa shape index (κ3) is 6.16. The molecule has 0 aliphatic carbocycles. The molecule has 9 heteroatoms. The van der Waals surface area contributed by atoms with Crippen molar-refractivity contribution in [2.45, 2.75) is 56.8 Å². The van der Waals surface area contributed by atoms with Gasteiger partial charge in [-0.1, -0.05) is 11.1 Å². The van der Waals surface area contributed by atoms with E-state index in [0.29, 0.717) is 24.3 Å². The van der Waals surface area contributed by atoms with Gasteiger partial charge < -0.3 is 9.63 Å². The third-order valence-electron chi connectivity index (χ3n) is 3.89. The molecule has 1 aromatic heterocycles. The number of nitrogens with one attached hydrogen (secondary N) is 1. The van der Waals surface area contributed by atoms with Crippen molar-refractivity contribution in [2.75, 3.05) is 6.26 Å². The number of aryl methyl sites for hydroxylation is 1. The Morgan fingerprint density at radius 1 is 1.36 bits per heavy atom. The molecule has 140 valence electrons. The van der Waals surface area contributed by atoms with Gasteiger partial charge in [-0.2, -0.15) is 0 Å². The van der Waals surface area contributed by atoms with E-state index < -0.39 is 26.1 Å². The van der Waals surface area contributed by atoms with Gasteiger partial charge in [-0.15, -0.1) is 0 Å². The lowest BCUT2D eigenvalue weighted by Gasteiger charge is -2.24. The quantitative estimate of drug-likeness (QED) is 0.367. The number of rotatable bonds is 7. The molecule has 1 heterocycles. The molecule has 1 aromatic rings. The second-order valence-electron chi connectivity index (χ2n) is 6.74. The van der Waals surface area contributed by atoms with Gasteiger partial charge in [0.2, 0.25) is 5.76 Å². The molecule has 0 saturated carbocycles. The number of aliphatic hydroxyl groups is 1. The molecule has 0 radical (unpaired) electrons. The predicted molar refractivity (Wildman–Crippen MR) is 90.4 cm³/mol. The molecule has 0 saturated heterocycles. The standard InChI is InChI=1S/C16H24N2O6S/c1-15(2,20)9-6-5-7-13-11-12(18-24-13)8-10-16(3,14(19)17-21)25(4,22)23/h11,20-21H,6,8-10H2,1-4H3,(H,17,19). The van der Waals surface area contributed by atoms with Crippen molar-refractivity contribution in [3.8, 4) is 11.8 Å². The van der Waals surface area contributed by atoms with Gasteiger partial charge in [0, 0.05) is 18.7 Å². The molecule has 0 spiro atoms. The Bertz CT molecular complexity index is 767. The number of aromatic nitrogens is 1. The SMILES string of the molecule is CC(C)(O)CCC#Cc1cc(CCC(C)(C(=O)NO)S(C)(=O)=O)no1. The Morgan fingerprint density at radius 3 is 2.52 bits per heavy atom. The van der Waals surface area contributed by atoms with Crippen molar-refractivity contribution < 1.29 is 28.0 Å². The molecule has 1 rings (SSSR count). The second kappa shape index (κ2) is 7.99. The number of carbonyl (C=O) groups is 1. The number of hydroxylamine groups is 1. The molecule has 8 nitrogen and oxygen atoms in total. The van der Waals surface area contributed by atoms with E-state index in [4.69, 9.17) is 9.73 Å². The van der Waals surface area contributed by atoms with Gasteiger partial charge in [-0.25, -0.2) is 13.9 Å². The first-order chi connectivity index (χ1) is 11.4. The van der Waals surface area contributed by atoms with Gasteiger partial charge in [-0.3, -0.25) is 10.0 Å². The molecule has 3 N–H and O–H groups in total. The Hall–Kier alpha value is -1.89. The summed E-state index contributed by atoms with van der Waals surface area (Å²) in [4.78, 5) is 11.7. The van der Waals surface area contributed by atoms with E-state index in [1.54, 1.807) is 19.9 Å². The lowest BCUT2D eigenvalue weighted by atomic mass is 10.0. The van der Waals surface area contributed by atoms with E-state index in [2.05, 4.69) is 17.0 Å². The van der Waals surface area contributed by atoms with Crippen LogP contribution in [0.15, 0.2) is 10.6 Å². The zero-order valence-corrected chi connectivity index (χ0v) is 15.6. The topological polar surface area (TPSA) is 130 Å². The smallest absolute Gasteiger partial charge is 0.264 e. The van der Waals surface area contributed by atoms with Crippen molar-refractivity contribution in [1.29, 1.82) is 0 Å². The number of amides is 1. The number of hydrogen-bond donors (Lipinski definition) is 3. The van der Waals surface area contributed by atoms with Gasteiger partial charge in [0.1, 0.15) is 4.75 Å². The first-order valence-electron chi connectivity index (χ1n) is 7.70. The normalized spacial score (nSPS) is 14.3. The first-order valence-corrected chi connectivity index (χ1v) is 9.59. The van der Waals surface area contributed by atoms with Crippen molar-refractivity contribution in [3.05, 3.63) is 17.5 Å². The molecular weight excluding hydrogens is 348 g/mol. The summed E-state index contributed by atoms with van der Waals surface area (Å²) in [5, 5.41) is 22.2. The average Bonchev–Trinajstić information content (AvgIpc) is 2.94. The predicted octanol–water partition coefficient (Wildman–Crippen LogP) is 0.819. The highest BCUT2D eigenvalue weighted by Crippen LogP contribution is 2.23. The van der Waals surface area contributed by atoms with Crippen molar-refractivity contribution >= 4 is 15.7 Å². The summed E-state index contributed by atoms with van der Waals surface area (Å²) in [6.07, 6.45) is 2.03. The fourth-order valence-corrected chi connectivity index (χ4v) is 2.81. The van der Waals surface area contributed by atoms with Crippen LogP contribution in [0.1, 0.15) is 51.5 Å². The van der Waals surface area contributed by atoms with Crippen LogP contribution in [0.2, 0.25) is 0 Å². The number of sulfone groups is 1. The van der Waals surface area contributed by atoms with E-state index in [-0.39, 0.29) is 12.8 Å². The minimum Gasteiger partial charge on any atom is -0.390 e. The maximum Gasteiger partial charge on any atom is 0.264 e. The van der Waals surface area contributed by atoms with Gasteiger partial charge in [0.05, 0.1) is 11.3 Å². The van der Waals surface area contributed by atoms with E-state index in [0.717, 1.165) is 6.26 Å². The van der Waals surface area contributed by atoms with E-state index >= 15 is 0 Å². The zero-order valence-electron chi connectivity index (χ0n) is 14.8. The largest absolute Gasteiger partial charge is 0.390 e. The Labute approximate surface area is 147 Å². The van der Waals surface area contributed by atoms with Crippen molar-refractivity contribution in [2.24, 2.45) is 0 Å². The van der Waals surface area contributed by atoms with Gasteiger partial charge in [-0.05, 0) is 46.0 Å². The van der Waals surface area contributed by atoms with Crippen LogP contribution < -0.4 is 5.48 Å². The monoisotopic (exact) mass is 372 g/mol. The van der Waals surface area contributed by atoms with Gasteiger partial charge in [0.25, 0.3) is 5.91 Å². The van der Waals surface area contributed by atoms with Gasteiger partial charge in [0.15, 0.2) is 9.84 Å². The molecule has 1 amide bonds. The van der Waals surface area contributed by atoms with Crippen LogP contribution in [0, 0.1) is 11.8 Å². The maximum absolute atomic E-state index is 11.9. The summed E-state index contributed by atoms with van der Waals surface area (Å²) in [6, 6.07) is 1.57. The first kappa shape index (κ1) is 21.2. The van der Waals surface area contributed by atoms with Crippen LogP contribution in [0.25, 0.3) is 0 Å². The summed E-state index contributed by atoms with van der Waals surface area (Å²) in [7, 11) is -3.75. The fourth-order valence-electron chi connectivity index (χ4n) is 1.96. The van der Waals surface area contributed by atoms with E-state index in [9.17, 15) is 18.3 Å². The molecular formula is C16H24N2O6S. The summed E-state index contributed by atoms with van der Waals surface area (Å²) in [6.45, 7) is 4.64. The maximum atomic E-state index is 11.9. The van der Waals surface area contributed by atoms with Crippen molar-refractivity contribution in [3.63, 3.8) is 0 Å². The molecule has 25 heavy (non-hydrogen) atoms. The lowest BCUT2D eigenvalue weighted by molar-refractivity contribution is -0.131.